The summed E-state index contributed by atoms with van der Waals surface area (Å²) in [5, 5.41) is 13.8. The Balaban J connectivity index is 1.64. The minimum Gasteiger partial charge on any atom is -0.760 e. The molecule has 2 fully saturated rings. The number of carboxylic acids is 1. The van der Waals surface area contributed by atoms with Gasteiger partial charge in [0.15, 0.2) is 0 Å². The van der Waals surface area contributed by atoms with E-state index in [2.05, 4.69) is 10.3 Å². The zero-order valence-corrected chi connectivity index (χ0v) is 25.4. The predicted molar refractivity (Wildman–Crippen MR) is 160 cm³/mol. The van der Waals surface area contributed by atoms with Gasteiger partial charge in [-0.3, -0.25) is 18.8 Å². The Kier molecular flexibility index (Phi) is 9.06. The molecule has 42 heavy (non-hydrogen) atoms. The van der Waals surface area contributed by atoms with Crippen LogP contribution in [0.4, 0.5) is 0 Å². The average molecular weight is 630 g/mol. The van der Waals surface area contributed by atoms with Crippen molar-refractivity contribution in [2.24, 2.45) is 11.3 Å². The number of nitrogens with one attached hydrogen (secondary N) is 1. The molecule has 2 heterocycles. The third-order valence-corrected chi connectivity index (χ3v) is 9.93. The van der Waals surface area contributed by atoms with Gasteiger partial charge in [0, 0.05) is 39.5 Å². The molecule has 5 atom stereocenters. The molecule has 5 unspecified atom stereocenters. The molecule has 2 aromatic carbocycles. The molecule has 0 radical (unpaired) electrons. The maximum atomic E-state index is 13.6. The molecule has 3 aromatic rings. The van der Waals surface area contributed by atoms with Crippen molar-refractivity contribution in [1.82, 2.24) is 14.6 Å². The summed E-state index contributed by atoms with van der Waals surface area (Å²) in [6, 6.07) is 19.4. The third kappa shape index (κ3) is 6.40. The molecular formula is C31H32Cl2N3O5S-. The van der Waals surface area contributed by atoms with Crippen LogP contribution in [0.25, 0.3) is 0 Å². The van der Waals surface area contributed by atoms with E-state index in [1.807, 2.05) is 36.4 Å². The normalized spacial score (nSPS) is 24.5. The van der Waals surface area contributed by atoms with E-state index < -0.39 is 34.2 Å². The minimum absolute atomic E-state index is 0.0236. The molecule has 0 bridgehead atoms. The number of carbonyl (C=O) groups excluding carboxylic acids is 1. The highest BCUT2D eigenvalue weighted by Crippen LogP contribution is 2.55. The average Bonchev–Trinajstić information content (AvgIpc) is 3.79. The number of carboxylic acid groups (broad SMARTS) is 1. The van der Waals surface area contributed by atoms with Crippen LogP contribution in [0.1, 0.15) is 61.8 Å². The molecule has 222 valence electrons. The molecule has 11 heteroatoms. The SMILES string of the molecule is CC1(CC(=O)O)CC(c2cccc(Cl)c2)C(CC(c2ccc(Cl)cc2)(C2CC2)N(Cc2ccccn2)S(=O)[O-])NC1=O. The lowest BCUT2D eigenvalue weighted by atomic mass is 9.66. The van der Waals surface area contributed by atoms with Gasteiger partial charge in [-0.25, -0.2) is 4.31 Å². The highest BCUT2D eigenvalue weighted by Gasteiger charge is 2.55. The van der Waals surface area contributed by atoms with E-state index in [0.29, 0.717) is 15.7 Å². The second-order valence-electron chi connectivity index (χ2n) is 11.6. The van der Waals surface area contributed by atoms with Gasteiger partial charge in [0.2, 0.25) is 5.91 Å². The molecule has 2 N–H and O–H groups in total. The van der Waals surface area contributed by atoms with Crippen molar-refractivity contribution in [2.45, 2.75) is 63.1 Å². The summed E-state index contributed by atoms with van der Waals surface area (Å²) in [6.07, 6.45) is 3.42. The fourth-order valence-electron chi connectivity index (χ4n) is 6.50. The number of nitrogens with zero attached hydrogens (tertiary/aromatic N) is 2. The molecule has 1 saturated carbocycles. The number of aliphatic carboxylic acids is 1. The monoisotopic (exact) mass is 628 g/mol. The van der Waals surface area contributed by atoms with Crippen molar-refractivity contribution in [3.05, 3.63) is 99.8 Å². The molecule has 1 saturated heterocycles. The number of aromatic nitrogens is 1. The van der Waals surface area contributed by atoms with E-state index in [0.717, 1.165) is 24.0 Å². The molecule has 8 nitrogen and oxygen atoms in total. The van der Waals surface area contributed by atoms with Crippen molar-refractivity contribution < 1.29 is 23.5 Å². The highest BCUT2D eigenvalue weighted by atomic mass is 35.5. The number of amides is 1. The zero-order chi connectivity index (χ0) is 30.1. The lowest BCUT2D eigenvalue weighted by molar-refractivity contribution is -0.147. The molecule has 0 spiro atoms. The van der Waals surface area contributed by atoms with Crippen LogP contribution in [0, 0.1) is 11.3 Å². The lowest BCUT2D eigenvalue weighted by Crippen LogP contribution is -2.59. The van der Waals surface area contributed by atoms with Crippen LogP contribution in [0.3, 0.4) is 0 Å². The minimum atomic E-state index is -2.66. The number of piperidine rings is 1. The molecule has 5 rings (SSSR count). The summed E-state index contributed by atoms with van der Waals surface area (Å²) in [5.74, 6) is -1.78. The Labute approximate surface area is 257 Å². The predicted octanol–water partition coefficient (Wildman–Crippen LogP) is 5.83. The van der Waals surface area contributed by atoms with E-state index in [1.54, 1.807) is 43.5 Å². The van der Waals surface area contributed by atoms with Gasteiger partial charge in [0.25, 0.3) is 0 Å². The second kappa shape index (κ2) is 12.4. The second-order valence-corrected chi connectivity index (χ2v) is 13.3. The largest absolute Gasteiger partial charge is 0.760 e. The first-order chi connectivity index (χ1) is 20.0. The first-order valence-electron chi connectivity index (χ1n) is 13.8. The smallest absolute Gasteiger partial charge is 0.304 e. The lowest BCUT2D eigenvalue weighted by Gasteiger charge is -2.50. The Morgan fingerprint density at radius 1 is 1.14 bits per heavy atom. The van der Waals surface area contributed by atoms with Gasteiger partial charge in [-0.05, 0) is 79.1 Å². The summed E-state index contributed by atoms with van der Waals surface area (Å²) < 4.78 is 27.8. The van der Waals surface area contributed by atoms with Crippen LogP contribution in [-0.4, -0.2) is 41.1 Å². The Bertz CT molecular complexity index is 1470. The van der Waals surface area contributed by atoms with Gasteiger partial charge in [-0.1, -0.05) is 60.5 Å². The van der Waals surface area contributed by atoms with Crippen molar-refractivity contribution in [2.75, 3.05) is 0 Å². The van der Waals surface area contributed by atoms with Gasteiger partial charge in [-0.15, -0.1) is 0 Å². The van der Waals surface area contributed by atoms with E-state index in [-0.39, 0.29) is 43.6 Å². The van der Waals surface area contributed by atoms with Gasteiger partial charge in [-0.2, -0.15) is 0 Å². The Hall–Kier alpha value is -2.82. The number of hydrogen-bond donors (Lipinski definition) is 2. The first-order valence-corrected chi connectivity index (χ1v) is 15.6. The standard InChI is InChI=1S/C31H33Cl2N3O5S/c1-30(18-28(37)38)16-26(20-5-4-6-24(33)15-20)27(35-29(30)39)17-31(21-8-9-21,22-10-12-23(32)13-11-22)36(42(40)41)19-25-7-2-3-14-34-25/h2-7,10-15,21,26-27H,8-9,16-19H2,1H3,(H,35,39)(H,37,38)(H,40,41)/p-1. The summed E-state index contributed by atoms with van der Waals surface area (Å²) in [4.78, 5) is 29.8. The highest BCUT2D eigenvalue weighted by molar-refractivity contribution is 7.76. The molecule has 1 aliphatic heterocycles. The van der Waals surface area contributed by atoms with Crippen molar-refractivity contribution >= 4 is 46.3 Å². The molecule has 1 aromatic heterocycles. The summed E-state index contributed by atoms with van der Waals surface area (Å²) in [7, 11) is 0. The molecular weight excluding hydrogens is 597 g/mol. The summed E-state index contributed by atoms with van der Waals surface area (Å²) in [5.41, 5.74) is 0.0161. The molecule has 2 aliphatic rings. The zero-order valence-electron chi connectivity index (χ0n) is 23.0. The number of hydrogen-bond acceptors (Lipinski definition) is 5. The number of halogens is 2. The number of rotatable bonds is 11. The van der Waals surface area contributed by atoms with Gasteiger partial charge in [0.05, 0.1) is 29.6 Å². The quantitative estimate of drug-likeness (QED) is 0.257. The maximum absolute atomic E-state index is 13.6. The molecule has 1 aliphatic carbocycles. The number of benzene rings is 2. The van der Waals surface area contributed by atoms with Crippen LogP contribution in [-0.2, 0) is 32.9 Å². The first kappa shape index (κ1) is 30.6. The van der Waals surface area contributed by atoms with Gasteiger partial charge >= 0.3 is 5.97 Å². The van der Waals surface area contributed by atoms with Crippen LogP contribution in [0.2, 0.25) is 10.0 Å². The van der Waals surface area contributed by atoms with E-state index in [9.17, 15) is 23.5 Å². The summed E-state index contributed by atoms with van der Waals surface area (Å²) in [6.45, 7) is 1.70. The van der Waals surface area contributed by atoms with E-state index in [4.69, 9.17) is 23.2 Å². The van der Waals surface area contributed by atoms with E-state index >= 15 is 0 Å². The number of carbonyl (C=O) groups is 2. The Morgan fingerprint density at radius 2 is 1.88 bits per heavy atom. The van der Waals surface area contributed by atoms with Gasteiger partial charge < -0.3 is 15.0 Å². The van der Waals surface area contributed by atoms with Gasteiger partial charge in [0.1, 0.15) is 0 Å². The van der Waals surface area contributed by atoms with Crippen LogP contribution in [0.5, 0.6) is 0 Å². The fraction of sp³-hybridized carbons (Fsp3) is 0.387. The maximum Gasteiger partial charge on any atom is 0.304 e. The van der Waals surface area contributed by atoms with Crippen molar-refractivity contribution in [3.8, 4) is 0 Å². The topological polar surface area (TPSA) is 123 Å². The van der Waals surface area contributed by atoms with Crippen molar-refractivity contribution in [1.29, 1.82) is 0 Å². The summed E-state index contributed by atoms with van der Waals surface area (Å²) >= 11 is 10.0. The van der Waals surface area contributed by atoms with Crippen LogP contribution < -0.4 is 5.32 Å². The fourth-order valence-corrected chi connectivity index (χ4v) is 7.66. The third-order valence-electron chi connectivity index (χ3n) is 8.62. The van der Waals surface area contributed by atoms with E-state index in [1.165, 1.54) is 4.31 Å². The number of pyridine rings is 1. The van der Waals surface area contributed by atoms with Crippen molar-refractivity contribution in [3.63, 3.8) is 0 Å². The van der Waals surface area contributed by atoms with Crippen LogP contribution in [0.15, 0.2) is 72.9 Å². The van der Waals surface area contributed by atoms with Crippen LogP contribution >= 0.6 is 23.2 Å². The molecule has 1 amide bonds. The Morgan fingerprint density at radius 3 is 2.48 bits per heavy atom.